The lowest BCUT2D eigenvalue weighted by Crippen LogP contribution is -2.45. The van der Waals surface area contributed by atoms with Crippen LogP contribution < -0.4 is 15.8 Å². The molecule has 104 valence electrons. The first kappa shape index (κ1) is 14.9. The summed E-state index contributed by atoms with van der Waals surface area (Å²) >= 11 is 0. The minimum atomic E-state index is -3.63. The Balaban J connectivity index is 2.38. The average Bonchev–Trinajstić information content (AvgIpc) is 2.54. The van der Waals surface area contributed by atoms with Crippen molar-refractivity contribution in [2.45, 2.75) is 6.42 Å². The summed E-state index contributed by atoms with van der Waals surface area (Å²) in [6.07, 6.45) is 0.788. The Morgan fingerprint density at radius 1 is 1.28 bits per heavy atom. The normalized spacial score (nSPS) is 17.1. The van der Waals surface area contributed by atoms with Crippen molar-refractivity contribution in [1.82, 2.24) is 15.5 Å². The smallest absolute Gasteiger partial charge is 0.311 e. The summed E-state index contributed by atoms with van der Waals surface area (Å²) in [6, 6.07) is 0. The van der Waals surface area contributed by atoms with Crippen LogP contribution in [0.15, 0.2) is 0 Å². The molecule has 0 aromatic carbocycles. The van der Waals surface area contributed by atoms with Crippen LogP contribution in [0.3, 0.4) is 0 Å². The summed E-state index contributed by atoms with van der Waals surface area (Å²) < 4.78 is 21.3. The summed E-state index contributed by atoms with van der Waals surface area (Å²) in [6.45, 7) is 2.30. The lowest BCUT2D eigenvalue weighted by molar-refractivity contribution is -0.145. The number of hydrogen-bond acceptors (Lipinski definition) is 5. The number of sulfonamides is 1. The zero-order valence-electron chi connectivity index (χ0n) is 10.0. The lowest BCUT2D eigenvalue weighted by Gasteiger charge is -2.18. The van der Waals surface area contributed by atoms with Crippen LogP contribution in [0.2, 0.25) is 0 Å². The van der Waals surface area contributed by atoms with Gasteiger partial charge in [-0.2, -0.15) is 0 Å². The van der Waals surface area contributed by atoms with Gasteiger partial charge in [0.15, 0.2) is 0 Å². The monoisotopic (exact) mass is 278 g/mol. The molecule has 0 bridgehead atoms. The number of nitrogens with one attached hydrogen (secondary N) is 2. The van der Waals surface area contributed by atoms with Gasteiger partial charge in [0.25, 0.3) is 0 Å². The fourth-order valence-corrected chi connectivity index (χ4v) is 1.96. The van der Waals surface area contributed by atoms with E-state index in [1.54, 1.807) is 0 Å². The van der Waals surface area contributed by atoms with E-state index in [9.17, 15) is 18.0 Å². The van der Waals surface area contributed by atoms with E-state index < -0.39 is 21.8 Å². The molecule has 0 radical (unpaired) electrons. The van der Waals surface area contributed by atoms with E-state index in [4.69, 9.17) is 5.14 Å². The molecule has 0 atom stereocenters. The van der Waals surface area contributed by atoms with Gasteiger partial charge in [0.05, 0.1) is 5.75 Å². The second-order valence-electron chi connectivity index (χ2n) is 4.02. The van der Waals surface area contributed by atoms with Crippen molar-refractivity contribution < 1.29 is 18.0 Å². The minimum absolute atomic E-state index is 0.157. The van der Waals surface area contributed by atoms with E-state index in [1.807, 2.05) is 0 Å². The summed E-state index contributed by atoms with van der Waals surface area (Å²) in [7, 11) is -3.63. The van der Waals surface area contributed by atoms with E-state index in [2.05, 4.69) is 10.6 Å². The molecule has 0 aromatic rings. The SMILES string of the molecule is NS(=O)(=O)CCNC(=O)C(=O)N1CCCNCC1. The molecular weight excluding hydrogens is 260 g/mol. The van der Waals surface area contributed by atoms with E-state index in [0.29, 0.717) is 19.6 Å². The predicted octanol–water partition coefficient (Wildman–Crippen LogP) is -2.79. The molecule has 4 N–H and O–H groups in total. The molecule has 1 heterocycles. The van der Waals surface area contributed by atoms with Gasteiger partial charge >= 0.3 is 11.8 Å². The zero-order chi connectivity index (χ0) is 13.6. The van der Waals surface area contributed by atoms with E-state index in [0.717, 1.165) is 13.0 Å². The van der Waals surface area contributed by atoms with Crippen molar-refractivity contribution in [2.24, 2.45) is 5.14 Å². The molecule has 1 aliphatic rings. The number of nitrogens with two attached hydrogens (primary N) is 1. The maximum atomic E-state index is 11.7. The van der Waals surface area contributed by atoms with Gasteiger partial charge in [-0.15, -0.1) is 0 Å². The van der Waals surface area contributed by atoms with Crippen LogP contribution in [0.5, 0.6) is 0 Å². The molecule has 0 unspecified atom stereocenters. The third-order valence-electron chi connectivity index (χ3n) is 2.49. The first-order valence-electron chi connectivity index (χ1n) is 5.68. The summed E-state index contributed by atoms with van der Waals surface area (Å²) in [4.78, 5) is 24.6. The Morgan fingerprint density at radius 2 is 2.00 bits per heavy atom. The molecule has 8 nitrogen and oxygen atoms in total. The average molecular weight is 278 g/mol. The Kier molecular flexibility index (Phi) is 5.51. The largest absolute Gasteiger partial charge is 0.347 e. The molecule has 0 aromatic heterocycles. The number of rotatable bonds is 3. The van der Waals surface area contributed by atoms with Crippen LogP contribution >= 0.6 is 0 Å². The zero-order valence-corrected chi connectivity index (χ0v) is 10.8. The molecule has 18 heavy (non-hydrogen) atoms. The maximum absolute atomic E-state index is 11.7. The number of nitrogens with zero attached hydrogens (tertiary/aromatic N) is 1. The number of carbonyl (C=O) groups is 2. The summed E-state index contributed by atoms with van der Waals surface area (Å²) in [5, 5.41) is 10.1. The fraction of sp³-hybridized carbons (Fsp3) is 0.778. The van der Waals surface area contributed by atoms with Crippen LogP contribution in [0, 0.1) is 0 Å². The molecular formula is C9H18N4O4S. The number of amides is 2. The van der Waals surface area contributed by atoms with Crippen molar-refractivity contribution in [3.05, 3.63) is 0 Å². The molecule has 1 rings (SSSR count). The van der Waals surface area contributed by atoms with E-state index in [1.165, 1.54) is 4.90 Å². The second kappa shape index (κ2) is 6.66. The van der Waals surface area contributed by atoms with Crippen molar-refractivity contribution in [3.8, 4) is 0 Å². The van der Waals surface area contributed by atoms with Crippen molar-refractivity contribution in [2.75, 3.05) is 38.5 Å². The quantitative estimate of drug-likeness (QED) is 0.482. The van der Waals surface area contributed by atoms with Gasteiger partial charge in [0.1, 0.15) is 0 Å². The highest BCUT2D eigenvalue weighted by molar-refractivity contribution is 7.89. The number of primary sulfonamides is 1. The first-order chi connectivity index (χ1) is 8.40. The maximum Gasteiger partial charge on any atom is 0.311 e. The molecule has 1 aliphatic heterocycles. The third-order valence-corrected chi connectivity index (χ3v) is 3.27. The molecule has 0 saturated carbocycles. The van der Waals surface area contributed by atoms with Crippen LogP contribution in [0.4, 0.5) is 0 Å². The topological polar surface area (TPSA) is 122 Å². The molecule has 0 aliphatic carbocycles. The van der Waals surface area contributed by atoms with E-state index in [-0.39, 0.29) is 12.3 Å². The predicted molar refractivity (Wildman–Crippen MR) is 65.1 cm³/mol. The van der Waals surface area contributed by atoms with Crippen LogP contribution in [-0.4, -0.2) is 63.6 Å². The number of carbonyl (C=O) groups excluding carboxylic acids is 2. The lowest BCUT2D eigenvalue weighted by atomic mass is 10.3. The third kappa shape index (κ3) is 5.43. The standard InChI is InChI=1S/C9H18N4O4S/c10-18(16,17)7-4-12-8(14)9(15)13-5-1-2-11-3-6-13/h11H,1-7H2,(H,12,14)(H2,10,16,17). The Bertz CT molecular complexity index is 401. The van der Waals surface area contributed by atoms with Crippen LogP contribution in [0.25, 0.3) is 0 Å². The Hall–Kier alpha value is -1.19. The van der Waals surface area contributed by atoms with Gasteiger partial charge < -0.3 is 15.5 Å². The molecule has 0 spiro atoms. The van der Waals surface area contributed by atoms with Gasteiger partial charge in [0.2, 0.25) is 10.0 Å². The number of hydrogen-bond donors (Lipinski definition) is 3. The molecule has 1 fully saturated rings. The second-order valence-corrected chi connectivity index (χ2v) is 5.75. The van der Waals surface area contributed by atoms with Gasteiger partial charge in [-0.1, -0.05) is 0 Å². The highest BCUT2D eigenvalue weighted by atomic mass is 32.2. The Morgan fingerprint density at radius 3 is 2.67 bits per heavy atom. The van der Waals surface area contributed by atoms with Crippen LogP contribution in [0.1, 0.15) is 6.42 Å². The molecule has 9 heteroatoms. The van der Waals surface area contributed by atoms with Gasteiger partial charge in [-0.25, -0.2) is 13.6 Å². The fourth-order valence-electron chi connectivity index (χ4n) is 1.57. The van der Waals surface area contributed by atoms with Crippen molar-refractivity contribution in [1.29, 1.82) is 0 Å². The van der Waals surface area contributed by atoms with Gasteiger partial charge in [-0.3, -0.25) is 9.59 Å². The van der Waals surface area contributed by atoms with Crippen molar-refractivity contribution >= 4 is 21.8 Å². The van der Waals surface area contributed by atoms with E-state index >= 15 is 0 Å². The summed E-state index contributed by atoms with van der Waals surface area (Å²) in [5.41, 5.74) is 0. The van der Waals surface area contributed by atoms with Crippen LogP contribution in [-0.2, 0) is 19.6 Å². The van der Waals surface area contributed by atoms with Crippen molar-refractivity contribution in [3.63, 3.8) is 0 Å². The highest BCUT2D eigenvalue weighted by Crippen LogP contribution is 1.96. The highest BCUT2D eigenvalue weighted by Gasteiger charge is 2.22. The van der Waals surface area contributed by atoms with Gasteiger partial charge in [-0.05, 0) is 13.0 Å². The van der Waals surface area contributed by atoms with Gasteiger partial charge in [0, 0.05) is 26.2 Å². The minimum Gasteiger partial charge on any atom is -0.347 e. The summed E-state index contributed by atoms with van der Waals surface area (Å²) in [5.74, 6) is -1.80. The molecule has 1 saturated heterocycles. The first-order valence-corrected chi connectivity index (χ1v) is 7.40. The molecule has 2 amide bonds. The Labute approximate surface area is 106 Å².